The Morgan fingerprint density at radius 1 is 1.31 bits per heavy atom. The van der Waals surface area contributed by atoms with Crippen LogP contribution >= 0.6 is 0 Å². The van der Waals surface area contributed by atoms with E-state index in [1.54, 1.807) is 6.20 Å². The lowest BCUT2D eigenvalue weighted by molar-refractivity contribution is -0.720. The highest BCUT2D eigenvalue weighted by molar-refractivity contribution is 5.59. The van der Waals surface area contributed by atoms with Gasteiger partial charge in [-0.25, -0.2) is 0 Å². The second kappa shape index (κ2) is 3.12. The fourth-order valence-corrected chi connectivity index (χ4v) is 1.30. The van der Waals surface area contributed by atoms with Gasteiger partial charge in [-0.15, -0.1) is 0 Å². The monoisotopic (exact) mass is 174 g/mol. The van der Waals surface area contributed by atoms with Gasteiger partial charge in [0.25, 0.3) is 0 Å². The van der Waals surface area contributed by atoms with Gasteiger partial charge in [0, 0.05) is 25.3 Å². The average molecular weight is 174 g/mol. The number of rotatable bonds is 1. The average Bonchev–Trinajstić information content (AvgIpc) is 2.49. The van der Waals surface area contributed by atoms with Gasteiger partial charge in [-0.05, 0) is 12.1 Å². The Morgan fingerprint density at radius 3 is 2.69 bits per heavy atom. The Bertz CT molecular complexity index is 368. The number of allylic oxidation sites excluding steroid dienone is 3. The molecule has 0 fully saturated rings. The topological polar surface area (TPSA) is 40.4 Å². The molecule has 2 rings (SSSR count). The molecule has 0 aliphatic carbocycles. The van der Waals surface area contributed by atoms with Crippen LogP contribution in [0.2, 0.25) is 0 Å². The van der Waals surface area contributed by atoms with E-state index in [4.69, 9.17) is 0 Å². The third-order valence-electron chi connectivity index (χ3n) is 2.04. The normalized spacial score (nSPS) is 21.2. The van der Waals surface area contributed by atoms with Crippen LogP contribution < -0.4 is 5.06 Å². The van der Waals surface area contributed by atoms with Crippen LogP contribution in [-0.2, 0) is 0 Å². The van der Waals surface area contributed by atoms with Gasteiger partial charge in [0.15, 0.2) is 5.70 Å². The van der Waals surface area contributed by atoms with Crippen molar-refractivity contribution in [3.05, 3.63) is 53.1 Å². The van der Waals surface area contributed by atoms with E-state index in [1.165, 1.54) is 0 Å². The maximum absolute atomic E-state index is 11.5. The first-order valence-corrected chi connectivity index (χ1v) is 4.14. The molecule has 0 spiro atoms. The van der Waals surface area contributed by atoms with Crippen LogP contribution in [0.4, 0.5) is 0 Å². The van der Waals surface area contributed by atoms with Crippen LogP contribution in [-0.4, -0.2) is 4.98 Å². The Morgan fingerprint density at radius 2 is 2.15 bits per heavy atom. The smallest absolute Gasteiger partial charge is 0.162 e. The molecule has 0 amide bonds. The Kier molecular flexibility index (Phi) is 1.96. The number of hydrogen-bond acceptors (Lipinski definition) is 2. The molecule has 1 N–H and O–H groups in total. The zero-order valence-corrected chi connectivity index (χ0v) is 7.32. The van der Waals surface area contributed by atoms with Gasteiger partial charge in [0.1, 0.15) is 11.4 Å². The number of hydroxylamine groups is 2. The van der Waals surface area contributed by atoms with Gasteiger partial charge >= 0.3 is 0 Å². The minimum atomic E-state index is 0.0821. The summed E-state index contributed by atoms with van der Waals surface area (Å²) in [5.74, 6) is 0. The molecular formula is C10H10N2O. The molecule has 66 valence electrons. The summed E-state index contributed by atoms with van der Waals surface area (Å²) in [6, 6.07) is 5.56. The third kappa shape index (κ3) is 1.39. The SMILES string of the molecule is CC1=CC=C(c2ccccn2)[NH+]1[O-]. The maximum Gasteiger partial charge on any atom is 0.162 e. The van der Waals surface area contributed by atoms with Gasteiger partial charge in [0.2, 0.25) is 0 Å². The quantitative estimate of drug-likeness (QED) is 0.637. The minimum Gasteiger partial charge on any atom is -0.624 e. The van der Waals surface area contributed by atoms with E-state index in [9.17, 15) is 5.21 Å². The molecule has 0 bridgehead atoms. The van der Waals surface area contributed by atoms with Crippen LogP contribution in [0.1, 0.15) is 12.6 Å². The minimum absolute atomic E-state index is 0.0821. The summed E-state index contributed by atoms with van der Waals surface area (Å²) in [4.78, 5) is 4.12. The number of nitrogens with one attached hydrogen (secondary N) is 1. The van der Waals surface area contributed by atoms with Crippen molar-refractivity contribution in [3.8, 4) is 0 Å². The lowest BCUT2D eigenvalue weighted by Gasteiger charge is -2.19. The fraction of sp³-hybridized carbons (Fsp3) is 0.100. The van der Waals surface area contributed by atoms with Crippen LogP contribution in [0.25, 0.3) is 5.70 Å². The standard InChI is InChI=1S/C10H10N2O/c1-8-5-6-10(12(8)13)9-4-2-3-7-11-9/h2-7,12H,1H3. The molecule has 0 radical (unpaired) electrons. The van der Waals surface area contributed by atoms with Gasteiger partial charge in [0.05, 0.1) is 0 Å². The van der Waals surface area contributed by atoms with Crippen molar-refractivity contribution >= 4 is 5.70 Å². The fourth-order valence-electron chi connectivity index (χ4n) is 1.30. The molecule has 0 aromatic carbocycles. The number of nitrogens with zero attached hydrogens (tertiary/aromatic N) is 1. The van der Waals surface area contributed by atoms with Crippen molar-refractivity contribution in [2.45, 2.75) is 6.92 Å². The summed E-state index contributed by atoms with van der Waals surface area (Å²) in [5.41, 5.74) is 2.22. The zero-order chi connectivity index (χ0) is 9.26. The molecule has 1 aliphatic heterocycles. The predicted octanol–water partition coefficient (Wildman–Crippen LogP) is 0.723. The van der Waals surface area contributed by atoms with Crippen molar-refractivity contribution in [3.63, 3.8) is 0 Å². The first-order chi connectivity index (χ1) is 6.29. The Balaban J connectivity index is 2.32. The predicted molar refractivity (Wildman–Crippen MR) is 50.3 cm³/mol. The number of quaternary nitrogens is 1. The van der Waals surface area contributed by atoms with E-state index < -0.39 is 0 Å². The van der Waals surface area contributed by atoms with Gasteiger partial charge < -0.3 is 10.3 Å². The molecule has 0 saturated heterocycles. The van der Waals surface area contributed by atoms with E-state index >= 15 is 0 Å². The largest absolute Gasteiger partial charge is 0.624 e. The molecule has 0 saturated carbocycles. The molecule has 2 heterocycles. The highest BCUT2D eigenvalue weighted by atomic mass is 16.5. The summed E-state index contributed by atoms with van der Waals surface area (Å²) in [6.45, 7) is 1.81. The second-order valence-corrected chi connectivity index (χ2v) is 2.97. The molecule has 3 heteroatoms. The Hall–Kier alpha value is -1.45. The molecule has 1 atom stereocenters. The number of pyridine rings is 1. The highest BCUT2D eigenvalue weighted by Crippen LogP contribution is 2.09. The van der Waals surface area contributed by atoms with Crippen molar-refractivity contribution in [1.82, 2.24) is 4.98 Å². The number of hydrogen-bond donors (Lipinski definition) is 1. The number of aromatic nitrogens is 1. The van der Waals surface area contributed by atoms with E-state index in [2.05, 4.69) is 4.98 Å². The lowest BCUT2D eigenvalue weighted by Crippen LogP contribution is -3.01. The third-order valence-corrected chi connectivity index (χ3v) is 2.04. The molecular weight excluding hydrogens is 164 g/mol. The molecule has 3 nitrogen and oxygen atoms in total. The first kappa shape index (κ1) is 8.16. The van der Waals surface area contributed by atoms with Gasteiger partial charge in [-0.2, -0.15) is 0 Å². The Labute approximate surface area is 76.6 Å². The van der Waals surface area contributed by atoms with Crippen molar-refractivity contribution < 1.29 is 5.06 Å². The van der Waals surface area contributed by atoms with Crippen molar-refractivity contribution in [2.24, 2.45) is 0 Å². The second-order valence-electron chi connectivity index (χ2n) is 2.97. The van der Waals surface area contributed by atoms with Crippen LogP contribution in [0, 0.1) is 5.21 Å². The summed E-state index contributed by atoms with van der Waals surface area (Å²) in [6.07, 6.45) is 5.34. The van der Waals surface area contributed by atoms with Gasteiger partial charge in [-0.1, -0.05) is 6.07 Å². The van der Waals surface area contributed by atoms with E-state index in [-0.39, 0.29) is 5.06 Å². The van der Waals surface area contributed by atoms with E-state index in [0.29, 0.717) is 5.70 Å². The first-order valence-electron chi connectivity index (χ1n) is 4.14. The molecule has 1 aromatic heterocycles. The zero-order valence-electron chi connectivity index (χ0n) is 7.32. The van der Waals surface area contributed by atoms with E-state index in [1.807, 2.05) is 37.3 Å². The molecule has 13 heavy (non-hydrogen) atoms. The maximum atomic E-state index is 11.5. The van der Waals surface area contributed by atoms with Crippen molar-refractivity contribution in [1.29, 1.82) is 0 Å². The molecule has 1 aromatic rings. The highest BCUT2D eigenvalue weighted by Gasteiger charge is 2.16. The van der Waals surface area contributed by atoms with Crippen LogP contribution in [0.15, 0.2) is 42.2 Å². The van der Waals surface area contributed by atoms with E-state index in [0.717, 1.165) is 11.4 Å². The summed E-state index contributed by atoms with van der Waals surface area (Å²) < 4.78 is 0. The summed E-state index contributed by atoms with van der Waals surface area (Å²) >= 11 is 0. The summed E-state index contributed by atoms with van der Waals surface area (Å²) in [7, 11) is 0. The summed E-state index contributed by atoms with van der Waals surface area (Å²) in [5, 5.41) is 11.6. The van der Waals surface area contributed by atoms with Gasteiger partial charge in [-0.3, -0.25) is 4.98 Å². The van der Waals surface area contributed by atoms with Crippen LogP contribution in [0.3, 0.4) is 0 Å². The lowest BCUT2D eigenvalue weighted by atomic mass is 10.3. The molecule has 1 aliphatic rings. The van der Waals surface area contributed by atoms with Crippen LogP contribution in [0.5, 0.6) is 0 Å². The molecule has 1 unspecified atom stereocenters. The van der Waals surface area contributed by atoms with Crippen molar-refractivity contribution in [2.75, 3.05) is 0 Å².